The van der Waals surface area contributed by atoms with Gasteiger partial charge >= 0.3 is 0 Å². The lowest BCUT2D eigenvalue weighted by Crippen LogP contribution is -2.06. The molecular weight excluding hydrogens is 292 g/mol. The van der Waals surface area contributed by atoms with Gasteiger partial charge in [0.25, 0.3) is 5.56 Å². The maximum Gasteiger partial charge on any atom is 0.255 e. The molecule has 0 aliphatic rings. The number of H-pyrrole nitrogens is 1. The number of aromatic nitrogens is 2. The van der Waals surface area contributed by atoms with Gasteiger partial charge in [-0.1, -0.05) is 11.8 Å². The van der Waals surface area contributed by atoms with Gasteiger partial charge in [0.2, 0.25) is 5.88 Å². The first-order chi connectivity index (χ1) is 9.99. The summed E-state index contributed by atoms with van der Waals surface area (Å²) in [5.74, 6) is 0.727. The van der Waals surface area contributed by atoms with Crippen LogP contribution in [0.2, 0.25) is 0 Å². The molecule has 110 valence electrons. The molecule has 0 atom stereocenters. The van der Waals surface area contributed by atoms with Crippen LogP contribution in [0.3, 0.4) is 0 Å². The normalized spacial score (nSPS) is 10.4. The highest BCUT2D eigenvalue weighted by molar-refractivity contribution is 7.98. The van der Waals surface area contributed by atoms with Crippen LogP contribution in [0.1, 0.15) is 22.8 Å². The fraction of sp³-hybridized carbons (Fsp3) is 0.214. The summed E-state index contributed by atoms with van der Waals surface area (Å²) in [6, 6.07) is 6.17. The largest absolute Gasteiger partial charge is 0.496 e. The monoisotopic (exact) mass is 306 g/mol. The number of Topliss-reactive ketones (excluding diaryl/α,β-unsaturated/α-hetero) is 1. The van der Waals surface area contributed by atoms with Gasteiger partial charge < -0.3 is 14.8 Å². The molecule has 2 rings (SSSR count). The Morgan fingerprint density at radius 2 is 2.19 bits per heavy atom. The molecule has 0 aliphatic carbocycles. The van der Waals surface area contributed by atoms with E-state index in [4.69, 9.17) is 4.74 Å². The average molecular weight is 306 g/mol. The van der Waals surface area contributed by atoms with Crippen molar-refractivity contribution >= 4 is 17.5 Å². The number of methoxy groups -OCH3 is 1. The van der Waals surface area contributed by atoms with Crippen molar-refractivity contribution in [2.24, 2.45) is 0 Å². The lowest BCUT2D eigenvalue weighted by molar-refractivity contribution is 0.101. The summed E-state index contributed by atoms with van der Waals surface area (Å²) in [6.45, 7) is 1.49. The maximum atomic E-state index is 11.4. The molecular formula is C14H14N2O4S. The third-order valence-corrected chi connectivity index (χ3v) is 3.68. The standard InChI is InChI=1S/C14H14N2O4S/c1-8(17)9-3-4-11(20-2)10(5-9)7-21-14-15-12(18)6-13(19)16-14/h3-6H,7H2,1-2H3,(H2,15,16,18,19). The molecule has 6 nitrogen and oxygen atoms in total. The fourth-order valence-corrected chi connectivity index (χ4v) is 2.60. The molecule has 0 spiro atoms. The number of carbonyl (C=O) groups is 1. The van der Waals surface area contributed by atoms with E-state index in [1.807, 2.05) is 0 Å². The summed E-state index contributed by atoms with van der Waals surface area (Å²) in [6.07, 6.45) is 0. The molecule has 1 aromatic heterocycles. The molecule has 1 heterocycles. The van der Waals surface area contributed by atoms with Gasteiger partial charge in [-0.15, -0.1) is 0 Å². The van der Waals surface area contributed by atoms with Crippen molar-refractivity contribution in [3.63, 3.8) is 0 Å². The summed E-state index contributed by atoms with van der Waals surface area (Å²) in [5, 5.41) is 9.60. The summed E-state index contributed by atoms with van der Waals surface area (Å²) in [5.41, 5.74) is 0.972. The van der Waals surface area contributed by atoms with E-state index in [2.05, 4.69) is 9.97 Å². The molecule has 21 heavy (non-hydrogen) atoms. The number of hydrogen-bond acceptors (Lipinski definition) is 6. The minimum atomic E-state index is -0.422. The number of ketones is 1. The quantitative estimate of drug-likeness (QED) is 0.498. The van der Waals surface area contributed by atoms with E-state index in [0.717, 1.165) is 11.6 Å². The average Bonchev–Trinajstić information content (AvgIpc) is 2.43. The SMILES string of the molecule is COc1ccc(C(C)=O)cc1CSc1nc(O)cc(=O)[nH]1. The van der Waals surface area contributed by atoms with Crippen LogP contribution in [0, 0.1) is 0 Å². The van der Waals surface area contributed by atoms with Crippen molar-refractivity contribution in [2.75, 3.05) is 7.11 Å². The van der Waals surface area contributed by atoms with Gasteiger partial charge in [-0.05, 0) is 25.1 Å². The van der Waals surface area contributed by atoms with E-state index in [1.54, 1.807) is 25.3 Å². The van der Waals surface area contributed by atoms with Crippen molar-refractivity contribution in [1.82, 2.24) is 9.97 Å². The lowest BCUT2D eigenvalue weighted by Gasteiger charge is -2.09. The highest BCUT2D eigenvalue weighted by Gasteiger charge is 2.09. The van der Waals surface area contributed by atoms with Crippen LogP contribution in [0.15, 0.2) is 34.2 Å². The van der Waals surface area contributed by atoms with E-state index >= 15 is 0 Å². The molecule has 0 saturated carbocycles. The Bertz CT molecular complexity index is 727. The highest BCUT2D eigenvalue weighted by Crippen LogP contribution is 2.27. The number of hydrogen-bond donors (Lipinski definition) is 2. The van der Waals surface area contributed by atoms with Crippen molar-refractivity contribution in [1.29, 1.82) is 0 Å². The Morgan fingerprint density at radius 1 is 1.43 bits per heavy atom. The predicted octanol–water partition coefficient (Wildman–Crippen LogP) is 1.98. The van der Waals surface area contributed by atoms with Crippen molar-refractivity contribution in [3.8, 4) is 11.6 Å². The zero-order valence-corrected chi connectivity index (χ0v) is 12.4. The van der Waals surface area contributed by atoms with Crippen molar-refractivity contribution in [3.05, 3.63) is 45.7 Å². The molecule has 0 saturated heterocycles. The van der Waals surface area contributed by atoms with E-state index < -0.39 is 5.56 Å². The van der Waals surface area contributed by atoms with Crippen LogP contribution in [0.5, 0.6) is 11.6 Å². The van der Waals surface area contributed by atoms with Gasteiger partial charge in [0.1, 0.15) is 5.75 Å². The first-order valence-electron chi connectivity index (χ1n) is 6.10. The third kappa shape index (κ3) is 3.85. The number of thioether (sulfide) groups is 1. The van der Waals surface area contributed by atoms with Crippen LogP contribution in [-0.4, -0.2) is 28.0 Å². The van der Waals surface area contributed by atoms with Crippen LogP contribution in [0.25, 0.3) is 0 Å². The van der Waals surface area contributed by atoms with Gasteiger partial charge in [0, 0.05) is 16.9 Å². The number of aromatic amines is 1. The molecule has 7 heteroatoms. The summed E-state index contributed by atoms with van der Waals surface area (Å²) in [4.78, 5) is 29.0. The van der Waals surface area contributed by atoms with Crippen LogP contribution in [-0.2, 0) is 5.75 Å². The number of ether oxygens (including phenoxy) is 1. The van der Waals surface area contributed by atoms with Gasteiger partial charge in [-0.3, -0.25) is 9.59 Å². The van der Waals surface area contributed by atoms with Gasteiger partial charge in [-0.2, -0.15) is 4.98 Å². The van der Waals surface area contributed by atoms with E-state index in [-0.39, 0.29) is 11.7 Å². The summed E-state index contributed by atoms with van der Waals surface area (Å²) >= 11 is 1.23. The van der Waals surface area contributed by atoms with Gasteiger partial charge in [0.05, 0.1) is 13.2 Å². The number of benzene rings is 1. The fourth-order valence-electron chi connectivity index (χ4n) is 1.75. The highest BCUT2D eigenvalue weighted by atomic mass is 32.2. The molecule has 2 aromatic rings. The first kappa shape index (κ1) is 15.1. The molecule has 0 amide bonds. The smallest absolute Gasteiger partial charge is 0.255 e. The van der Waals surface area contributed by atoms with Crippen LogP contribution < -0.4 is 10.3 Å². The Hall–Kier alpha value is -2.28. The predicted molar refractivity (Wildman–Crippen MR) is 79.1 cm³/mol. The van der Waals surface area contributed by atoms with E-state index in [9.17, 15) is 14.7 Å². The molecule has 0 unspecified atom stereocenters. The van der Waals surface area contributed by atoms with E-state index in [1.165, 1.54) is 18.7 Å². The Labute approximate surface area is 125 Å². The zero-order chi connectivity index (χ0) is 15.4. The molecule has 0 radical (unpaired) electrons. The second kappa shape index (κ2) is 6.45. The second-order valence-corrected chi connectivity index (χ2v) is 5.24. The summed E-state index contributed by atoms with van der Waals surface area (Å²) in [7, 11) is 1.55. The Balaban J connectivity index is 2.23. The summed E-state index contributed by atoms with van der Waals surface area (Å²) < 4.78 is 5.25. The van der Waals surface area contributed by atoms with Gasteiger partial charge in [-0.25, -0.2) is 0 Å². The molecule has 1 aromatic carbocycles. The van der Waals surface area contributed by atoms with Crippen molar-refractivity contribution < 1.29 is 14.6 Å². The minimum Gasteiger partial charge on any atom is -0.496 e. The van der Waals surface area contributed by atoms with E-state index in [0.29, 0.717) is 22.2 Å². The molecule has 0 bridgehead atoms. The number of carbonyl (C=O) groups excluding carboxylic acids is 1. The third-order valence-electron chi connectivity index (χ3n) is 2.76. The second-order valence-electron chi connectivity index (χ2n) is 4.28. The topological polar surface area (TPSA) is 92.3 Å². The Kier molecular flexibility index (Phi) is 4.64. The zero-order valence-electron chi connectivity index (χ0n) is 11.5. The molecule has 0 fully saturated rings. The Morgan fingerprint density at radius 3 is 2.81 bits per heavy atom. The molecule has 2 N–H and O–H groups in total. The number of nitrogens with zero attached hydrogens (tertiary/aromatic N) is 1. The number of rotatable bonds is 5. The van der Waals surface area contributed by atoms with Gasteiger partial charge in [0.15, 0.2) is 10.9 Å². The molecule has 0 aliphatic heterocycles. The number of aromatic hydroxyl groups is 1. The number of nitrogens with one attached hydrogen (secondary N) is 1. The van der Waals surface area contributed by atoms with Crippen molar-refractivity contribution in [2.45, 2.75) is 17.8 Å². The van der Waals surface area contributed by atoms with Crippen LogP contribution in [0.4, 0.5) is 0 Å². The first-order valence-corrected chi connectivity index (χ1v) is 7.09. The lowest BCUT2D eigenvalue weighted by atomic mass is 10.1. The minimum absolute atomic E-state index is 0.0345. The van der Waals surface area contributed by atoms with Crippen LogP contribution >= 0.6 is 11.8 Å². The maximum absolute atomic E-state index is 11.4.